The molecular weight excluding hydrogens is 295 g/mol. The zero-order chi connectivity index (χ0) is 15.5. The van der Waals surface area contributed by atoms with Crippen molar-refractivity contribution in [2.45, 2.75) is 39.2 Å². The summed E-state index contributed by atoms with van der Waals surface area (Å²) in [5.41, 5.74) is -0.206. The average molecular weight is 313 g/mol. The van der Waals surface area contributed by atoms with Crippen molar-refractivity contribution in [2.75, 3.05) is 0 Å². The fourth-order valence-corrected chi connectivity index (χ4v) is 2.23. The minimum absolute atomic E-state index is 0.00402. The lowest BCUT2D eigenvalue weighted by atomic mass is 9.88. The van der Waals surface area contributed by atoms with Crippen molar-refractivity contribution in [1.29, 1.82) is 5.26 Å². The molecule has 0 radical (unpaired) electrons. The van der Waals surface area contributed by atoms with Gasteiger partial charge in [-0.1, -0.05) is 43.1 Å². The molecule has 1 rings (SSSR count). The summed E-state index contributed by atoms with van der Waals surface area (Å²) in [6, 6.07) is 7.18. The first-order valence-corrected chi connectivity index (χ1v) is 7.15. The lowest BCUT2D eigenvalue weighted by Gasteiger charge is -2.29. The molecule has 1 aromatic carbocycles. The largest absolute Gasteiger partial charge is 0.337 e. The van der Waals surface area contributed by atoms with Gasteiger partial charge in [-0.05, 0) is 37.5 Å². The number of benzene rings is 1. The van der Waals surface area contributed by atoms with Crippen LogP contribution in [0.3, 0.4) is 0 Å². The molecule has 0 spiro atoms. The Morgan fingerprint density at radius 2 is 1.95 bits per heavy atom. The van der Waals surface area contributed by atoms with Gasteiger partial charge in [0.05, 0.1) is 12.0 Å². The molecule has 0 heterocycles. The zero-order valence-corrected chi connectivity index (χ0v) is 13.5. The maximum Gasteiger partial charge on any atom is 0.228 e. The Labute approximate surface area is 129 Å². The van der Waals surface area contributed by atoms with E-state index >= 15 is 0 Å². The Kier molecular flexibility index (Phi) is 5.44. The van der Waals surface area contributed by atoms with Gasteiger partial charge in [0, 0.05) is 10.0 Å². The predicted octanol–water partition coefficient (Wildman–Crippen LogP) is 4.15. The van der Waals surface area contributed by atoms with Gasteiger partial charge in [0.2, 0.25) is 5.91 Å². The molecule has 0 aliphatic heterocycles. The van der Waals surface area contributed by atoms with E-state index in [0.717, 1.165) is 0 Å². The Hall–Kier alpha value is -1.24. The molecule has 0 saturated carbocycles. The highest BCUT2D eigenvalue weighted by molar-refractivity contribution is 6.35. The van der Waals surface area contributed by atoms with Crippen molar-refractivity contribution < 1.29 is 4.79 Å². The van der Waals surface area contributed by atoms with E-state index in [0.29, 0.717) is 15.6 Å². The number of nitrogens with zero attached hydrogens (tertiary/aromatic N) is 1. The first kappa shape index (κ1) is 16.8. The number of nitriles is 1. The first-order valence-electron chi connectivity index (χ1n) is 6.39. The lowest BCUT2D eigenvalue weighted by Crippen LogP contribution is -2.50. The smallest absolute Gasteiger partial charge is 0.228 e. The summed E-state index contributed by atoms with van der Waals surface area (Å²) >= 11 is 12.0. The van der Waals surface area contributed by atoms with Crippen LogP contribution < -0.4 is 5.32 Å². The Bertz CT molecular complexity index is 551. The van der Waals surface area contributed by atoms with Gasteiger partial charge in [0.15, 0.2) is 0 Å². The van der Waals surface area contributed by atoms with Crippen LogP contribution >= 0.6 is 23.2 Å². The molecular formula is C15H18Cl2N2O. The molecule has 5 heteroatoms. The normalized spacial score (nSPS) is 15.3. The topological polar surface area (TPSA) is 52.9 Å². The summed E-state index contributed by atoms with van der Waals surface area (Å²) in [4.78, 5) is 12.3. The van der Waals surface area contributed by atoms with E-state index in [2.05, 4.69) is 11.4 Å². The first-order chi connectivity index (χ1) is 9.21. The Morgan fingerprint density at radius 1 is 1.35 bits per heavy atom. The molecule has 2 atom stereocenters. The van der Waals surface area contributed by atoms with Gasteiger partial charge < -0.3 is 5.32 Å². The molecule has 1 amide bonds. The number of hydrogen-bond donors (Lipinski definition) is 1. The number of nitrogens with one attached hydrogen (secondary N) is 1. The maximum atomic E-state index is 12.3. The van der Waals surface area contributed by atoms with Gasteiger partial charge >= 0.3 is 0 Å². The van der Waals surface area contributed by atoms with E-state index in [1.54, 1.807) is 32.0 Å². The van der Waals surface area contributed by atoms with Gasteiger partial charge in [0.25, 0.3) is 0 Å². The minimum Gasteiger partial charge on any atom is -0.337 e. The fraction of sp³-hybridized carbons (Fsp3) is 0.467. The van der Waals surface area contributed by atoms with Crippen molar-refractivity contribution in [3.8, 4) is 6.07 Å². The fourth-order valence-electron chi connectivity index (χ4n) is 1.66. The summed E-state index contributed by atoms with van der Waals surface area (Å²) < 4.78 is 0. The van der Waals surface area contributed by atoms with E-state index in [9.17, 15) is 10.1 Å². The van der Waals surface area contributed by atoms with Gasteiger partial charge in [-0.3, -0.25) is 4.79 Å². The highest BCUT2D eigenvalue weighted by Crippen LogP contribution is 2.28. The second-order valence-electron chi connectivity index (χ2n) is 5.35. The van der Waals surface area contributed by atoms with Gasteiger partial charge in [0.1, 0.15) is 5.54 Å². The Morgan fingerprint density at radius 3 is 2.40 bits per heavy atom. The summed E-state index contributed by atoms with van der Waals surface area (Å²) in [6.45, 7) is 7.25. The molecule has 0 aliphatic rings. The molecule has 1 N–H and O–H groups in total. The SMILES string of the molecule is CC(C(=O)NC(C)(C#N)C(C)C)c1ccc(Cl)cc1Cl. The van der Waals surface area contributed by atoms with Crippen molar-refractivity contribution >= 4 is 29.1 Å². The summed E-state index contributed by atoms with van der Waals surface area (Å²) in [7, 11) is 0. The van der Waals surface area contributed by atoms with Crippen LogP contribution in [0.5, 0.6) is 0 Å². The van der Waals surface area contributed by atoms with E-state index in [4.69, 9.17) is 23.2 Å². The number of amides is 1. The number of halogens is 2. The average Bonchev–Trinajstić information content (AvgIpc) is 2.37. The van der Waals surface area contributed by atoms with Gasteiger partial charge in [-0.2, -0.15) is 5.26 Å². The van der Waals surface area contributed by atoms with Crippen LogP contribution in [0.1, 0.15) is 39.2 Å². The van der Waals surface area contributed by atoms with Crippen LogP contribution in [0.2, 0.25) is 10.0 Å². The van der Waals surface area contributed by atoms with Crippen LogP contribution in [0.4, 0.5) is 0 Å². The third-order valence-electron chi connectivity index (χ3n) is 3.59. The Balaban J connectivity index is 2.95. The third kappa shape index (κ3) is 3.65. The number of carbonyl (C=O) groups excluding carboxylic acids is 1. The molecule has 2 unspecified atom stereocenters. The monoisotopic (exact) mass is 312 g/mol. The van der Waals surface area contributed by atoms with Crippen LogP contribution in [0.25, 0.3) is 0 Å². The predicted molar refractivity (Wildman–Crippen MR) is 81.9 cm³/mol. The quantitative estimate of drug-likeness (QED) is 0.908. The highest BCUT2D eigenvalue weighted by atomic mass is 35.5. The highest BCUT2D eigenvalue weighted by Gasteiger charge is 2.32. The minimum atomic E-state index is -0.899. The summed E-state index contributed by atoms with van der Waals surface area (Å²) in [5, 5.41) is 13.0. The summed E-state index contributed by atoms with van der Waals surface area (Å²) in [6.07, 6.45) is 0. The lowest BCUT2D eigenvalue weighted by molar-refractivity contribution is -0.123. The van der Waals surface area contributed by atoms with Crippen molar-refractivity contribution in [3.63, 3.8) is 0 Å². The van der Waals surface area contributed by atoms with Crippen LogP contribution in [0, 0.1) is 17.2 Å². The van der Waals surface area contributed by atoms with Gasteiger partial charge in [-0.25, -0.2) is 0 Å². The molecule has 0 saturated heterocycles. The molecule has 0 aromatic heterocycles. The number of rotatable bonds is 4. The van der Waals surface area contributed by atoms with Crippen molar-refractivity contribution in [2.24, 2.45) is 5.92 Å². The van der Waals surface area contributed by atoms with Crippen LogP contribution in [-0.2, 0) is 4.79 Å². The van der Waals surface area contributed by atoms with Crippen LogP contribution in [0.15, 0.2) is 18.2 Å². The van der Waals surface area contributed by atoms with E-state index in [-0.39, 0.29) is 11.8 Å². The molecule has 3 nitrogen and oxygen atoms in total. The standard InChI is InChI=1S/C15H18Cl2N2O/c1-9(2)15(4,8-18)19-14(20)10(3)12-6-5-11(16)7-13(12)17/h5-7,9-10H,1-4H3,(H,19,20). The second-order valence-corrected chi connectivity index (χ2v) is 6.19. The number of hydrogen-bond acceptors (Lipinski definition) is 2. The van der Waals surface area contributed by atoms with E-state index in [1.807, 2.05) is 13.8 Å². The molecule has 1 aromatic rings. The summed E-state index contributed by atoms with van der Waals surface area (Å²) in [5.74, 6) is -0.678. The number of carbonyl (C=O) groups is 1. The van der Waals surface area contributed by atoms with Gasteiger partial charge in [-0.15, -0.1) is 0 Å². The molecule has 0 bridgehead atoms. The third-order valence-corrected chi connectivity index (χ3v) is 4.15. The molecule has 108 valence electrons. The zero-order valence-electron chi connectivity index (χ0n) is 12.0. The van der Waals surface area contributed by atoms with E-state index < -0.39 is 11.5 Å². The molecule has 20 heavy (non-hydrogen) atoms. The van der Waals surface area contributed by atoms with Crippen LogP contribution in [-0.4, -0.2) is 11.4 Å². The second kappa shape index (κ2) is 6.47. The van der Waals surface area contributed by atoms with Crippen molar-refractivity contribution in [3.05, 3.63) is 33.8 Å². The van der Waals surface area contributed by atoms with Crippen molar-refractivity contribution in [1.82, 2.24) is 5.32 Å². The molecule has 0 aliphatic carbocycles. The van der Waals surface area contributed by atoms with E-state index in [1.165, 1.54) is 0 Å². The molecule has 0 fully saturated rings. The maximum absolute atomic E-state index is 12.3.